The minimum Gasteiger partial charge on any atom is -0.378 e. The molecule has 17 heavy (non-hydrogen) atoms. The molecule has 100 valence electrons. The summed E-state index contributed by atoms with van der Waals surface area (Å²) in [6, 6.07) is -0.397. The summed E-state index contributed by atoms with van der Waals surface area (Å²) >= 11 is 0. The maximum Gasteiger partial charge on any atom is 0.237 e. The highest BCUT2D eigenvalue weighted by Crippen LogP contribution is 2.20. The molecule has 1 aliphatic rings. The van der Waals surface area contributed by atoms with Gasteiger partial charge in [0.1, 0.15) is 0 Å². The Hall–Kier alpha value is -0.610. The van der Waals surface area contributed by atoms with E-state index in [0.717, 1.165) is 13.0 Å². The van der Waals surface area contributed by atoms with Gasteiger partial charge in [-0.2, -0.15) is 0 Å². The molecule has 0 aromatic heterocycles. The molecular formula is C13H26N2O2. The fourth-order valence-corrected chi connectivity index (χ4v) is 2.01. The zero-order valence-corrected chi connectivity index (χ0v) is 11.1. The van der Waals surface area contributed by atoms with Crippen LogP contribution in [0.5, 0.6) is 0 Å². The molecule has 0 aromatic rings. The lowest BCUT2D eigenvalue weighted by molar-refractivity contribution is -0.123. The zero-order chi connectivity index (χ0) is 12.7. The van der Waals surface area contributed by atoms with Gasteiger partial charge in [0.15, 0.2) is 0 Å². The van der Waals surface area contributed by atoms with Gasteiger partial charge in [-0.25, -0.2) is 0 Å². The average molecular weight is 242 g/mol. The lowest BCUT2D eigenvalue weighted by atomic mass is 10.1. The fourth-order valence-electron chi connectivity index (χ4n) is 2.01. The van der Waals surface area contributed by atoms with E-state index in [2.05, 4.69) is 5.32 Å². The number of amides is 1. The summed E-state index contributed by atoms with van der Waals surface area (Å²) in [5.41, 5.74) is 5.73. The Labute approximate surface area is 104 Å². The zero-order valence-electron chi connectivity index (χ0n) is 11.1. The van der Waals surface area contributed by atoms with Crippen molar-refractivity contribution in [3.63, 3.8) is 0 Å². The number of rotatable bonds is 7. The second-order valence-electron chi connectivity index (χ2n) is 5.19. The highest BCUT2D eigenvalue weighted by molar-refractivity contribution is 5.81. The fraction of sp³-hybridized carbons (Fsp3) is 0.923. The predicted octanol–water partition coefficient (Wildman–Crippen LogP) is 1.44. The van der Waals surface area contributed by atoms with Crippen molar-refractivity contribution < 1.29 is 9.53 Å². The van der Waals surface area contributed by atoms with Crippen LogP contribution in [0.2, 0.25) is 0 Å². The second kappa shape index (κ2) is 7.67. The first-order valence-corrected chi connectivity index (χ1v) is 6.76. The van der Waals surface area contributed by atoms with E-state index < -0.39 is 6.04 Å². The van der Waals surface area contributed by atoms with Gasteiger partial charge in [-0.3, -0.25) is 4.79 Å². The Morgan fingerprint density at radius 2 is 2.06 bits per heavy atom. The molecule has 1 fully saturated rings. The summed E-state index contributed by atoms with van der Waals surface area (Å²) in [6.45, 7) is 5.30. The van der Waals surface area contributed by atoms with E-state index in [1.165, 1.54) is 25.7 Å². The maximum absolute atomic E-state index is 11.5. The molecule has 0 aliphatic heterocycles. The minimum absolute atomic E-state index is 0.0548. The number of nitrogens with one attached hydrogen (secondary N) is 1. The van der Waals surface area contributed by atoms with Crippen molar-refractivity contribution >= 4 is 5.91 Å². The first kappa shape index (κ1) is 14.5. The number of nitrogens with two attached hydrogens (primary N) is 1. The van der Waals surface area contributed by atoms with Gasteiger partial charge in [-0.05, 0) is 25.2 Å². The van der Waals surface area contributed by atoms with Crippen LogP contribution in [0, 0.1) is 5.92 Å². The highest BCUT2D eigenvalue weighted by Gasteiger charge is 2.17. The van der Waals surface area contributed by atoms with E-state index >= 15 is 0 Å². The smallest absolute Gasteiger partial charge is 0.237 e. The van der Waals surface area contributed by atoms with E-state index in [-0.39, 0.29) is 11.8 Å². The van der Waals surface area contributed by atoms with Crippen molar-refractivity contribution in [1.29, 1.82) is 0 Å². The predicted molar refractivity (Wildman–Crippen MR) is 68.6 cm³/mol. The first-order valence-electron chi connectivity index (χ1n) is 6.76. The van der Waals surface area contributed by atoms with Gasteiger partial charge in [0.25, 0.3) is 0 Å². The Morgan fingerprint density at radius 3 is 2.65 bits per heavy atom. The van der Waals surface area contributed by atoms with Crippen LogP contribution in [0.25, 0.3) is 0 Å². The van der Waals surface area contributed by atoms with E-state index in [1.807, 2.05) is 13.8 Å². The molecule has 1 rings (SSSR count). The summed E-state index contributed by atoms with van der Waals surface area (Å²) in [6.07, 6.45) is 6.32. The molecule has 0 heterocycles. The van der Waals surface area contributed by atoms with Crippen molar-refractivity contribution in [2.75, 3.05) is 13.2 Å². The third kappa shape index (κ3) is 5.50. The molecule has 0 spiro atoms. The minimum atomic E-state index is -0.397. The van der Waals surface area contributed by atoms with Crippen LogP contribution in [-0.2, 0) is 9.53 Å². The summed E-state index contributed by atoms with van der Waals surface area (Å²) in [5, 5.41) is 2.85. The van der Waals surface area contributed by atoms with Crippen molar-refractivity contribution in [2.24, 2.45) is 11.7 Å². The standard InChI is InChI=1S/C13H26N2O2/c1-10(2)12(14)13(16)15-8-5-9-17-11-6-3-4-7-11/h10-12H,3-9,14H2,1-2H3,(H,15,16)/t12-/m0/s1. The second-order valence-corrected chi connectivity index (χ2v) is 5.19. The van der Waals surface area contributed by atoms with E-state index in [0.29, 0.717) is 12.6 Å². The first-order chi connectivity index (χ1) is 8.11. The number of hydrogen-bond donors (Lipinski definition) is 2. The molecule has 1 atom stereocenters. The van der Waals surface area contributed by atoms with E-state index in [4.69, 9.17) is 10.5 Å². The third-order valence-electron chi connectivity index (χ3n) is 3.30. The molecule has 1 saturated carbocycles. The molecule has 0 unspecified atom stereocenters. The number of hydrogen-bond acceptors (Lipinski definition) is 3. The third-order valence-corrected chi connectivity index (χ3v) is 3.30. The van der Waals surface area contributed by atoms with Crippen LogP contribution in [0.15, 0.2) is 0 Å². The van der Waals surface area contributed by atoms with Crippen molar-refractivity contribution in [2.45, 2.75) is 58.1 Å². The van der Waals surface area contributed by atoms with Crippen LogP contribution in [0.3, 0.4) is 0 Å². The van der Waals surface area contributed by atoms with Gasteiger partial charge >= 0.3 is 0 Å². The van der Waals surface area contributed by atoms with Gasteiger partial charge in [0.2, 0.25) is 5.91 Å². The van der Waals surface area contributed by atoms with Crippen LogP contribution in [0.1, 0.15) is 46.0 Å². The Balaban J connectivity index is 1.98. The lowest BCUT2D eigenvalue weighted by Crippen LogP contribution is -2.44. The van der Waals surface area contributed by atoms with Crippen molar-refractivity contribution in [1.82, 2.24) is 5.32 Å². The maximum atomic E-state index is 11.5. The van der Waals surface area contributed by atoms with Crippen LogP contribution in [-0.4, -0.2) is 31.2 Å². The molecule has 0 radical (unpaired) electrons. The number of carbonyl (C=O) groups is 1. The molecule has 1 amide bonds. The molecule has 0 aromatic carbocycles. The van der Waals surface area contributed by atoms with E-state index in [9.17, 15) is 4.79 Å². The van der Waals surface area contributed by atoms with Gasteiger partial charge in [0, 0.05) is 13.2 Å². The molecule has 3 N–H and O–H groups in total. The monoisotopic (exact) mass is 242 g/mol. The highest BCUT2D eigenvalue weighted by atomic mass is 16.5. The van der Waals surface area contributed by atoms with Gasteiger partial charge in [-0.1, -0.05) is 26.7 Å². The van der Waals surface area contributed by atoms with Gasteiger partial charge < -0.3 is 15.8 Å². The molecule has 4 nitrogen and oxygen atoms in total. The molecule has 1 aliphatic carbocycles. The van der Waals surface area contributed by atoms with Crippen LogP contribution < -0.4 is 11.1 Å². The number of carbonyl (C=O) groups excluding carboxylic acids is 1. The molecule has 0 bridgehead atoms. The SMILES string of the molecule is CC(C)[C@H](N)C(=O)NCCCOC1CCCC1. The van der Waals surface area contributed by atoms with E-state index in [1.54, 1.807) is 0 Å². The molecule has 4 heteroatoms. The van der Waals surface area contributed by atoms with Crippen molar-refractivity contribution in [3.8, 4) is 0 Å². The summed E-state index contributed by atoms with van der Waals surface area (Å²) in [4.78, 5) is 11.5. The Kier molecular flexibility index (Phi) is 6.52. The quantitative estimate of drug-likeness (QED) is 0.664. The summed E-state index contributed by atoms with van der Waals surface area (Å²) in [5.74, 6) is 0.130. The van der Waals surface area contributed by atoms with Crippen molar-refractivity contribution in [3.05, 3.63) is 0 Å². The number of ether oxygens (including phenoxy) is 1. The molecule has 0 saturated heterocycles. The average Bonchev–Trinajstić information content (AvgIpc) is 2.80. The topological polar surface area (TPSA) is 64.4 Å². The van der Waals surface area contributed by atoms with Crippen LogP contribution >= 0.6 is 0 Å². The normalized spacial score (nSPS) is 18.6. The van der Waals surface area contributed by atoms with Gasteiger partial charge in [-0.15, -0.1) is 0 Å². The van der Waals surface area contributed by atoms with Gasteiger partial charge in [0.05, 0.1) is 12.1 Å². The lowest BCUT2D eigenvalue weighted by Gasteiger charge is -2.15. The van der Waals surface area contributed by atoms with Crippen LogP contribution in [0.4, 0.5) is 0 Å². The summed E-state index contributed by atoms with van der Waals surface area (Å²) < 4.78 is 5.71. The molecular weight excluding hydrogens is 216 g/mol. The Bertz CT molecular complexity index is 225. The largest absolute Gasteiger partial charge is 0.378 e. The summed E-state index contributed by atoms with van der Waals surface area (Å²) in [7, 11) is 0. The Morgan fingerprint density at radius 1 is 1.41 bits per heavy atom.